The van der Waals surface area contributed by atoms with E-state index in [1.165, 1.54) is 31.0 Å². The van der Waals surface area contributed by atoms with Gasteiger partial charge in [-0.2, -0.15) is 0 Å². The Morgan fingerprint density at radius 3 is 2.47 bits per heavy atom. The molecule has 15 heavy (non-hydrogen) atoms. The first-order chi connectivity index (χ1) is 7.27. The molecule has 0 atom stereocenters. The number of hydrogen-bond acceptors (Lipinski definition) is 1. The van der Waals surface area contributed by atoms with Crippen molar-refractivity contribution in [3.63, 3.8) is 0 Å². The normalized spacial score (nSPS) is 15.6. The highest BCUT2D eigenvalue weighted by Gasteiger charge is 2.20. The second-order valence-corrected chi connectivity index (χ2v) is 4.10. The van der Waals surface area contributed by atoms with Crippen molar-refractivity contribution in [3.05, 3.63) is 35.4 Å². The maximum Gasteiger partial charge on any atom is 0.129 e. The van der Waals surface area contributed by atoms with E-state index in [1.54, 1.807) is 0 Å². The van der Waals surface area contributed by atoms with Crippen molar-refractivity contribution in [3.8, 4) is 0 Å². The van der Waals surface area contributed by atoms with Crippen molar-refractivity contribution >= 4 is 0 Å². The summed E-state index contributed by atoms with van der Waals surface area (Å²) in [5, 5.41) is 3.22. The van der Waals surface area contributed by atoms with Crippen molar-refractivity contribution in [2.75, 3.05) is 13.1 Å². The maximum atomic E-state index is 13.2. The Kier molecular flexibility index (Phi) is 3.31. The highest BCUT2D eigenvalue weighted by molar-refractivity contribution is 5.19. The van der Waals surface area contributed by atoms with Crippen molar-refractivity contribution in [2.45, 2.75) is 19.3 Å². The topological polar surface area (TPSA) is 12.0 Å². The van der Waals surface area contributed by atoms with Crippen molar-refractivity contribution in [1.82, 2.24) is 5.32 Å². The zero-order chi connectivity index (χ0) is 10.7. The molecule has 0 saturated heterocycles. The van der Waals surface area contributed by atoms with Crippen LogP contribution in [0, 0.1) is 17.6 Å². The van der Waals surface area contributed by atoms with E-state index >= 15 is 0 Å². The van der Waals surface area contributed by atoms with E-state index in [9.17, 15) is 8.78 Å². The van der Waals surface area contributed by atoms with Crippen LogP contribution in [0.1, 0.15) is 18.4 Å². The third-order valence-corrected chi connectivity index (χ3v) is 2.74. The fourth-order valence-corrected chi connectivity index (χ4v) is 1.61. The SMILES string of the molecule is Fc1cccc(F)c1CCNCC1CC1. The lowest BCUT2D eigenvalue weighted by Gasteiger charge is -2.05. The summed E-state index contributed by atoms with van der Waals surface area (Å²) in [4.78, 5) is 0. The molecule has 1 aliphatic rings. The van der Waals surface area contributed by atoms with E-state index in [2.05, 4.69) is 5.32 Å². The van der Waals surface area contributed by atoms with Gasteiger partial charge in [-0.3, -0.25) is 0 Å². The molecule has 2 rings (SSSR count). The van der Waals surface area contributed by atoms with E-state index in [1.807, 2.05) is 0 Å². The zero-order valence-corrected chi connectivity index (χ0v) is 8.60. The molecule has 0 radical (unpaired) electrons. The number of rotatable bonds is 5. The minimum Gasteiger partial charge on any atom is -0.316 e. The van der Waals surface area contributed by atoms with Crippen LogP contribution in [0.15, 0.2) is 18.2 Å². The van der Waals surface area contributed by atoms with E-state index in [0.29, 0.717) is 13.0 Å². The molecule has 0 aromatic heterocycles. The highest BCUT2D eigenvalue weighted by atomic mass is 19.1. The van der Waals surface area contributed by atoms with E-state index in [0.717, 1.165) is 12.5 Å². The Labute approximate surface area is 88.5 Å². The van der Waals surface area contributed by atoms with Crippen LogP contribution < -0.4 is 5.32 Å². The molecule has 0 spiro atoms. The Morgan fingerprint density at radius 1 is 1.20 bits per heavy atom. The van der Waals surface area contributed by atoms with Crippen molar-refractivity contribution < 1.29 is 8.78 Å². The molecule has 3 heteroatoms. The van der Waals surface area contributed by atoms with Crippen LogP contribution in [0.25, 0.3) is 0 Å². The largest absolute Gasteiger partial charge is 0.316 e. The molecule has 0 aliphatic heterocycles. The number of nitrogens with one attached hydrogen (secondary N) is 1. The van der Waals surface area contributed by atoms with Gasteiger partial charge in [-0.1, -0.05) is 6.07 Å². The van der Waals surface area contributed by atoms with E-state index in [4.69, 9.17) is 0 Å². The van der Waals surface area contributed by atoms with Gasteiger partial charge in [0.15, 0.2) is 0 Å². The third-order valence-electron chi connectivity index (χ3n) is 2.74. The second kappa shape index (κ2) is 4.71. The van der Waals surface area contributed by atoms with Gasteiger partial charge in [0.2, 0.25) is 0 Å². The summed E-state index contributed by atoms with van der Waals surface area (Å²) >= 11 is 0. The number of hydrogen-bond donors (Lipinski definition) is 1. The van der Waals surface area contributed by atoms with Crippen molar-refractivity contribution in [2.24, 2.45) is 5.92 Å². The van der Waals surface area contributed by atoms with Crippen LogP contribution in [0.5, 0.6) is 0 Å². The van der Waals surface area contributed by atoms with Gasteiger partial charge < -0.3 is 5.32 Å². The van der Waals surface area contributed by atoms with E-state index in [-0.39, 0.29) is 5.56 Å². The average molecular weight is 211 g/mol. The predicted octanol–water partition coefficient (Wildman–Crippen LogP) is 2.51. The fraction of sp³-hybridized carbons (Fsp3) is 0.500. The fourth-order valence-electron chi connectivity index (χ4n) is 1.61. The molecule has 1 N–H and O–H groups in total. The maximum absolute atomic E-state index is 13.2. The summed E-state index contributed by atoms with van der Waals surface area (Å²) in [6.45, 7) is 1.63. The Bertz CT molecular complexity index is 314. The lowest BCUT2D eigenvalue weighted by atomic mass is 10.1. The zero-order valence-electron chi connectivity index (χ0n) is 8.60. The van der Waals surface area contributed by atoms with Crippen LogP contribution in [0.4, 0.5) is 8.78 Å². The van der Waals surface area contributed by atoms with Crippen molar-refractivity contribution in [1.29, 1.82) is 0 Å². The molecule has 1 aliphatic carbocycles. The molecule has 0 amide bonds. The first kappa shape index (κ1) is 10.6. The van der Waals surface area contributed by atoms with Crippen LogP contribution in [0.3, 0.4) is 0 Å². The molecule has 1 aromatic carbocycles. The van der Waals surface area contributed by atoms with Gasteiger partial charge in [-0.05, 0) is 50.4 Å². The number of halogens is 2. The molecule has 1 fully saturated rings. The van der Waals surface area contributed by atoms with Gasteiger partial charge in [-0.25, -0.2) is 8.78 Å². The highest BCUT2D eigenvalue weighted by Crippen LogP contribution is 2.27. The van der Waals surface area contributed by atoms with Gasteiger partial charge in [0.1, 0.15) is 11.6 Å². The summed E-state index contributed by atoms with van der Waals surface area (Å²) < 4.78 is 26.4. The molecule has 0 heterocycles. The van der Waals surface area contributed by atoms with Gasteiger partial charge in [-0.15, -0.1) is 0 Å². The summed E-state index contributed by atoms with van der Waals surface area (Å²) in [7, 11) is 0. The molecule has 1 aromatic rings. The quantitative estimate of drug-likeness (QED) is 0.738. The minimum atomic E-state index is -0.441. The monoisotopic (exact) mass is 211 g/mol. The summed E-state index contributed by atoms with van der Waals surface area (Å²) in [5.41, 5.74) is 0.195. The van der Waals surface area contributed by atoms with Gasteiger partial charge in [0.05, 0.1) is 0 Å². The first-order valence-electron chi connectivity index (χ1n) is 5.41. The molecule has 82 valence electrons. The lowest BCUT2D eigenvalue weighted by molar-refractivity contribution is 0.543. The predicted molar refractivity (Wildman–Crippen MR) is 55.7 cm³/mol. The Morgan fingerprint density at radius 2 is 1.87 bits per heavy atom. The third kappa shape index (κ3) is 2.99. The van der Waals surface area contributed by atoms with Crippen LogP contribution in [-0.4, -0.2) is 13.1 Å². The summed E-state index contributed by atoms with van der Waals surface area (Å²) in [5.74, 6) is -0.0816. The van der Waals surface area contributed by atoms with Gasteiger partial charge in [0.25, 0.3) is 0 Å². The molecule has 1 nitrogen and oxygen atoms in total. The molecular formula is C12H15F2N. The Hall–Kier alpha value is -0.960. The lowest BCUT2D eigenvalue weighted by Crippen LogP contribution is -2.20. The molecule has 1 saturated carbocycles. The van der Waals surface area contributed by atoms with Crippen LogP contribution >= 0.6 is 0 Å². The minimum absolute atomic E-state index is 0.195. The molecular weight excluding hydrogens is 196 g/mol. The second-order valence-electron chi connectivity index (χ2n) is 4.10. The van der Waals surface area contributed by atoms with Gasteiger partial charge in [0, 0.05) is 5.56 Å². The first-order valence-corrected chi connectivity index (χ1v) is 5.41. The van der Waals surface area contributed by atoms with Crippen LogP contribution in [-0.2, 0) is 6.42 Å². The summed E-state index contributed by atoms with van der Waals surface area (Å²) in [6, 6.07) is 4.00. The average Bonchev–Trinajstić information content (AvgIpc) is 3.00. The number of benzene rings is 1. The molecule has 0 unspecified atom stereocenters. The molecule has 0 bridgehead atoms. The van der Waals surface area contributed by atoms with Gasteiger partial charge >= 0.3 is 0 Å². The Balaban J connectivity index is 1.80. The van der Waals surface area contributed by atoms with Crippen LogP contribution in [0.2, 0.25) is 0 Å². The standard InChI is InChI=1S/C12H15F2N/c13-11-2-1-3-12(14)10(11)6-7-15-8-9-4-5-9/h1-3,9,15H,4-8H2. The summed E-state index contributed by atoms with van der Waals surface area (Å²) in [6.07, 6.45) is 3.01. The van der Waals surface area contributed by atoms with E-state index < -0.39 is 11.6 Å². The smallest absolute Gasteiger partial charge is 0.129 e.